The fourth-order valence-electron chi connectivity index (χ4n) is 3.72. The van der Waals surface area contributed by atoms with Crippen LogP contribution in [0.1, 0.15) is 57.8 Å². The first-order valence-electron chi connectivity index (χ1n) is 13.5. The summed E-state index contributed by atoms with van der Waals surface area (Å²) in [6, 6.07) is 8.89. The zero-order valence-electron chi connectivity index (χ0n) is 24.6. The van der Waals surface area contributed by atoms with Crippen LogP contribution in [0.5, 0.6) is 5.75 Å². The van der Waals surface area contributed by atoms with Crippen molar-refractivity contribution in [2.45, 2.75) is 59.2 Å². The number of alkyl halides is 1. The molecule has 0 saturated carbocycles. The molecule has 3 aromatic rings. The Balaban J connectivity index is 0.000000312. The monoisotopic (exact) mass is 572 g/mol. The summed E-state index contributed by atoms with van der Waals surface area (Å²) in [6.07, 6.45) is 1.05. The van der Waals surface area contributed by atoms with Crippen LogP contribution in [0.3, 0.4) is 0 Å². The second-order valence-corrected chi connectivity index (χ2v) is 9.88. The number of methoxy groups -OCH3 is 1. The molecule has 2 aromatic heterocycles. The van der Waals surface area contributed by atoms with E-state index in [1.165, 1.54) is 6.33 Å². The number of carbonyl (C=O) groups excluding carboxylic acids is 2. The number of nitrogens with two attached hydrogens (primary N) is 2. The van der Waals surface area contributed by atoms with Crippen molar-refractivity contribution in [3.05, 3.63) is 42.2 Å². The van der Waals surface area contributed by atoms with Crippen LogP contribution < -0.4 is 16.2 Å². The van der Waals surface area contributed by atoms with Gasteiger partial charge in [0.05, 0.1) is 17.9 Å². The molecule has 0 aliphatic carbocycles. The minimum atomic E-state index is -0.756. The highest BCUT2D eigenvalue weighted by Crippen LogP contribution is 2.27. The molecule has 1 saturated heterocycles. The van der Waals surface area contributed by atoms with Crippen LogP contribution in [0.2, 0.25) is 0 Å². The maximum atomic E-state index is 12.8. The molecule has 12 heteroatoms. The number of piperidine rings is 1. The lowest BCUT2D eigenvalue weighted by molar-refractivity contribution is 0.0168. The number of likely N-dealkylation sites (tertiary alicyclic amines) is 1. The number of hydrogen-bond donors (Lipinski definition) is 2. The Hall–Kier alpha value is -4.06. The van der Waals surface area contributed by atoms with E-state index in [2.05, 4.69) is 15.0 Å². The number of primary amides is 1. The number of nitrogen functional groups attached to an aromatic ring is 1. The fourth-order valence-corrected chi connectivity index (χ4v) is 3.72. The topological polar surface area (TPSA) is 156 Å². The minimum Gasteiger partial charge on any atom is -0.491 e. The first-order chi connectivity index (χ1) is 19.5. The molecule has 4 N–H and O–H groups in total. The normalized spacial score (nSPS) is 13.4. The number of ether oxygens (including phenoxy) is 3. The molecule has 0 bridgehead atoms. The Bertz CT molecular complexity index is 1280. The van der Waals surface area contributed by atoms with Crippen molar-refractivity contribution in [2.75, 3.05) is 39.1 Å². The van der Waals surface area contributed by atoms with Crippen molar-refractivity contribution in [1.82, 2.24) is 19.9 Å². The molecule has 0 radical (unpaired) electrons. The molecule has 2 amide bonds. The van der Waals surface area contributed by atoms with Gasteiger partial charge in [-0.1, -0.05) is 13.8 Å². The summed E-state index contributed by atoms with van der Waals surface area (Å²) in [5.74, 6) is 0.291. The average molecular weight is 573 g/mol. The van der Waals surface area contributed by atoms with Gasteiger partial charge in [0.15, 0.2) is 5.82 Å². The number of hydrogen-bond acceptors (Lipinski definition) is 9. The van der Waals surface area contributed by atoms with Gasteiger partial charge in [0.25, 0.3) is 5.91 Å². The molecular formula is C29H41FN6O5. The van der Waals surface area contributed by atoms with Crippen molar-refractivity contribution >= 4 is 28.9 Å². The number of benzene rings is 1. The van der Waals surface area contributed by atoms with E-state index in [0.29, 0.717) is 61.6 Å². The van der Waals surface area contributed by atoms with Gasteiger partial charge in [0.2, 0.25) is 0 Å². The smallest absolute Gasteiger partial charge is 0.410 e. The van der Waals surface area contributed by atoms with Crippen LogP contribution in [0.4, 0.5) is 15.0 Å². The van der Waals surface area contributed by atoms with Crippen molar-refractivity contribution in [2.24, 2.45) is 5.73 Å². The zero-order chi connectivity index (χ0) is 30.6. The van der Waals surface area contributed by atoms with E-state index in [0.717, 1.165) is 5.56 Å². The van der Waals surface area contributed by atoms with E-state index in [1.807, 2.05) is 58.9 Å². The highest BCUT2D eigenvalue weighted by atomic mass is 19.1. The Morgan fingerprint density at radius 2 is 1.68 bits per heavy atom. The van der Waals surface area contributed by atoms with E-state index < -0.39 is 17.7 Å². The molecule has 3 heterocycles. The van der Waals surface area contributed by atoms with Gasteiger partial charge >= 0.3 is 6.09 Å². The second kappa shape index (κ2) is 15.7. The average Bonchev–Trinajstić information content (AvgIpc) is 2.94. The molecular weight excluding hydrogens is 531 g/mol. The van der Waals surface area contributed by atoms with E-state index in [9.17, 15) is 14.0 Å². The van der Waals surface area contributed by atoms with Gasteiger partial charge in [-0.3, -0.25) is 4.79 Å². The van der Waals surface area contributed by atoms with E-state index in [-0.39, 0.29) is 17.5 Å². The van der Waals surface area contributed by atoms with E-state index in [4.69, 9.17) is 25.7 Å². The van der Waals surface area contributed by atoms with Crippen LogP contribution in [0.15, 0.2) is 36.7 Å². The van der Waals surface area contributed by atoms with Crippen LogP contribution in [0.25, 0.3) is 22.3 Å². The van der Waals surface area contributed by atoms with Gasteiger partial charge in [0.1, 0.15) is 41.5 Å². The molecule has 0 atom stereocenters. The SMILES string of the molecule is CC.CC(C)(C)OC(=O)N1CCC(F)CC1.COCCOc1ccc(-c2cc(C(N)=O)c3ncnc(N)c3n2)cc1. The maximum Gasteiger partial charge on any atom is 0.410 e. The van der Waals surface area contributed by atoms with Crippen LogP contribution in [-0.4, -0.2) is 77.0 Å². The summed E-state index contributed by atoms with van der Waals surface area (Å²) in [4.78, 5) is 37.3. The third kappa shape index (κ3) is 10.1. The fraction of sp³-hybridized carbons (Fsp3) is 0.483. The number of fused-ring (bicyclic) bond motifs is 1. The molecule has 1 aliphatic rings. The molecule has 1 aromatic carbocycles. The van der Waals surface area contributed by atoms with Gasteiger partial charge in [-0.15, -0.1) is 0 Å². The first kappa shape index (κ1) is 33.1. The molecule has 4 rings (SSSR count). The summed E-state index contributed by atoms with van der Waals surface area (Å²) in [6.45, 7) is 11.4. The number of rotatable bonds is 6. The van der Waals surface area contributed by atoms with Crippen molar-refractivity contribution in [1.29, 1.82) is 0 Å². The number of halogens is 1. The minimum absolute atomic E-state index is 0.189. The van der Waals surface area contributed by atoms with Gasteiger partial charge in [-0.25, -0.2) is 24.1 Å². The number of pyridine rings is 1. The van der Waals surface area contributed by atoms with Crippen molar-refractivity contribution < 1.29 is 28.2 Å². The largest absolute Gasteiger partial charge is 0.491 e. The predicted molar refractivity (Wildman–Crippen MR) is 156 cm³/mol. The third-order valence-electron chi connectivity index (χ3n) is 5.67. The molecule has 224 valence electrons. The summed E-state index contributed by atoms with van der Waals surface area (Å²) >= 11 is 0. The lowest BCUT2D eigenvalue weighted by atomic mass is 10.1. The summed E-state index contributed by atoms with van der Waals surface area (Å²) in [7, 11) is 1.61. The van der Waals surface area contributed by atoms with Crippen molar-refractivity contribution in [3.63, 3.8) is 0 Å². The van der Waals surface area contributed by atoms with Crippen LogP contribution in [0, 0.1) is 0 Å². The van der Waals surface area contributed by atoms with Crippen LogP contribution in [-0.2, 0) is 9.47 Å². The Kier molecular flexibility index (Phi) is 12.7. The number of amides is 2. The van der Waals surface area contributed by atoms with Gasteiger partial charge < -0.3 is 30.6 Å². The Labute approximate surface area is 240 Å². The number of nitrogens with zero attached hydrogens (tertiary/aromatic N) is 4. The summed E-state index contributed by atoms with van der Waals surface area (Å²) in [5, 5.41) is 0. The van der Waals surface area contributed by atoms with Gasteiger partial charge in [0, 0.05) is 25.8 Å². The lowest BCUT2D eigenvalue weighted by Crippen LogP contribution is -2.42. The van der Waals surface area contributed by atoms with E-state index >= 15 is 0 Å². The predicted octanol–water partition coefficient (Wildman–Crippen LogP) is 4.78. The molecule has 1 fully saturated rings. The second-order valence-electron chi connectivity index (χ2n) is 9.88. The van der Waals surface area contributed by atoms with Gasteiger partial charge in [-0.2, -0.15) is 0 Å². The molecule has 11 nitrogen and oxygen atoms in total. The lowest BCUT2D eigenvalue weighted by Gasteiger charge is -2.31. The quantitative estimate of drug-likeness (QED) is 0.397. The standard InChI is InChI=1S/C17H17N5O3.C10H18FNO2.C2H6/c1-24-6-7-25-11-4-2-10(3-5-11)13-8-12(17(19)23)14-15(22-13)16(18)21-9-20-14;1-10(2,3)14-9(13)12-6-4-8(11)5-7-12;1-2/h2-5,8-9H,6-7H2,1H3,(H2,19,23)(H2,18,20,21);8H,4-7H2,1-3H3;1-2H3. The maximum absolute atomic E-state index is 12.8. The third-order valence-corrected chi connectivity index (χ3v) is 5.67. The molecule has 0 spiro atoms. The number of aromatic nitrogens is 3. The number of carbonyl (C=O) groups is 2. The van der Waals surface area contributed by atoms with Crippen LogP contribution >= 0.6 is 0 Å². The molecule has 1 aliphatic heterocycles. The highest BCUT2D eigenvalue weighted by Gasteiger charge is 2.26. The summed E-state index contributed by atoms with van der Waals surface area (Å²) < 4.78 is 28.4. The summed E-state index contributed by atoms with van der Waals surface area (Å²) in [5.41, 5.74) is 13.1. The zero-order valence-corrected chi connectivity index (χ0v) is 24.6. The molecule has 41 heavy (non-hydrogen) atoms. The highest BCUT2D eigenvalue weighted by molar-refractivity contribution is 6.06. The van der Waals surface area contributed by atoms with Gasteiger partial charge in [-0.05, 0) is 63.9 Å². The first-order valence-corrected chi connectivity index (χ1v) is 13.5. The Morgan fingerprint density at radius 3 is 2.24 bits per heavy atom. The number of anilines is 1. The van der Waals surface area contributed by atoms with E-state index in [1.54, 1.807) is 18.1 Å². The molecule has 0 unspecified atom stereocenters. The van der Waals surface area contributed by atoms with Crippen molar-refractivity contribution in [3.8, 4) is 17.0 Å². The Morgan fingerprint density at radius 1 is 1.05 bits per heavy atom.